The van der Waals surface area contributed by atoms with Gasteiger partial charge < -0.3 is 15.0 Å². The molecule has 2 aromatic heterocycles. The molecule has 8 nitrogen and oxygen atoms in total. The number of nitrogens with one attached hydrogen (secondary N) is 1. The van der Waals surface area contributed by atoms with Gasteiger partial charge >= 0.3 is 0 Å². The Labute approximate surface area is 213 Å². The van der Waals surface area contributed by atoms with Gasteiger partial charge in [-0.1, -0.05) is 18.2 Å². The van der Waals surface area contributed by atoms with Gasteiger partial charge in [-0.15, -0.1) is 0 Å². The molecule has 1 atom stereocenters. The first kappa shape index (κ1) is 26.7. The molecule has 0 bridgehead atoms. The lowest BCUT2D eigenvalue weighted by Gasteiger charge is -2.40. The number of aryl methyl sites for hydroxylation is 1. The molecule has 37 heavy (non-hydrogen) atoms. The highest BCUT2D eigenvalue weighted by Crippen LogP contribution is 2.37. The van der Waals surface area contributed by atoms with Crippen LogP contribution in [0.1, 0.15) is 49.8 Å². The summed E-state index contributed by atoms with van der Waals surface area (Å²) in [5, 5.41) is 3.36. The molecule has 1 saturated heterocycles. The maximum Gasteiger partial charge on any atom is 0.266 e. The first-order chi connectivity index (χ1) is 17.4. The Hall–Kier alpha value is -3.41. The second-order valence-corrected chi connectivity index (χ2v) is 9.42. The summed E-state index contributed by atoms with van der Waals surface area (Å²) in [6.45, 7) is 3.77. The fourth-order valence-corrected chi connectivity index (χ4v) is 4.89. The van der Waals surface area contributed by atoms with Gasteiger partial charge in [-0.2, -0.15) is 0 Å². The number of hydrogen-bond acceptors (Lipinski definition) is 6. The van der Waals surface area contributed by atoms with Crippen LogP contribution in [0.15, 0.2) is 35.4 Å². The van der Waals surface area contributed by atoms with E-state index >= 15 is 0 Å². The van der Waals surface area contributed by atoms with E-state index in [-0.39, 0.29) is 28.5 Å². The van der Waals surface area contributed by atoms with Crippen LogP contribution in [-0.2, 0) is 27.6 Å². The molecule has 3 heterocycles. The van der Waals surface area contributed by atoms with Crippen LogP contribution in [0.3, 0.4) is 0 Å². The summed E-state index contributed by atoms with van der Waals surface area (Å²) < 4.78 is 48.7. The third-order valence-electron chi connectivity index (χ3n) is 7.10. The lowest BCUT2D eigenvalue weighted by atomic mass is 9.73. The number of amides is 1. The molecule has 1 amide bonds. The van der Waals surface area contributed by atoms with Gasteiger partial charge in [-0.05, 0) is 25.8 Å². The van der Waals surface area contributed by atoms with E-state index in [0.717, 1.165) is 6.07 Å². The van der Waals surface area contributed by atoms with Crippen molar-refractivity contribution in [3.8, 4) is 0 Å². The number of ether oxygens (including phenoxy) is 1. The van der Waals surface area contributed by atoms with Crippen molar-refractivity contribution in [2.75, 3.05) is 25.5 Å². The zero-order valence-corrected chi connectivity index (χ0v) is 21.0. The van der Waals surface area contributed by atoms with E-state index in [1.165, 1.54) is 44.0 Å². The molecule has 1 aromatic carbocycles. The van der Waals surface area contributed by atoms with Crippen molar-refractivity contribution in [1.82, 2.24) is 19.4 Å². The number of carbonyl (C=O) groups excluding carboxylic acids is 1. The molecule has 12 heteroatoms. The van der Waals surface area contributed by atoms with Crippen LogP contribution in [0.5, 0.6) is 0 Å². The van der Waals surface area contributed by atoms with E-state index in [1.807, 2.05) is 0 Å². The summed E-state index contributed by atoms with van der Waals surface area (Å²) in [6.07, 6.45) is -0.975. The van der Waals surface area contributed by atoms with Crippen LogP contribution in [0.4, 0.5) is 19.0 Å². The fourth-order valence-electron chi connectivity index (χ4n) is 4.89. The maximum absolute atomic E-state index is 14.9. The molecule has 1 N–H and O–H groups in total. The fraction of sp³-hybridized carbons (Fsp3) is 0.440. The van der Waals surface area contributed by atoms with Crippen molar-refractivity contribution in [3.63, 3.8) is 0 Å². The highest BCUT2D eigenvalue weighted by molar-refractivity contribution is 6.17. The molecule has 1 aliphatic rings. The first-order valence-corrected chi connectivity index (χ1v) is 11.7. The second-order valence-electron chi connectivity index (χ2n) is 9.42. The predicted octanol–water partition coefficient (Wildman–Crippen LogP) is 3.34. The van der Waals surface area contributed by atoms with E-state index in [4.69, 9.17) is 12.6 Å². The Morgan fingerprint density at radius 2 is 1.95 bits per heavy atom. The van der Waals surface area contributed by atoms with Crippen molar-refractivity contribution in [2.24, 2.45) is 7.05 Å². The number of carbonyl (C=O) groups is 1. The monoisotopic (exact) mass is 513 g/mol. The third-order valence-corrected chi connectivity index (χ3v) is 7.10. The molecular formula is C25H27BF3N5O3. The lowest BCUT2D eigenvalue weighted by molar-refractivity contribution is -0.135. The highest BCUT2D eigenvalue weighted by Gasteiger charge is 2.40. The minimum absolute atomic E-state index is 0.0543. The number of fused-ring (bicyclic) bond motifs is 1. The summed E-state index contributed by atoms with van der Waals surface area (Å²) in [5.74, 6) is -0.987. The topological polar surface area (TPSA) is 89.4 Å². The van der Waals surface area contributed by atoms with Crippen LogP contribution in [0.2, 0.25) is 0 Å². The Balaban J connectivity index is 1.81. The molecule has 3 aromatic rings. The molecule has 1 aliphatic heterocycles. The number of hydrogen-bond donors (Lipinski definition) is 1. The molecule has 1 fully saturated rings. The number of nitrogens with zero attached hydrogens (tertiary/aromatic N) is 4. The molecule has 0 spiro atoms. The van der Waals surface area contributed by atoms with E-state index in [0.29, 0.717) is 36.9 Å². The van der Waals surface area contributed by atoms with Crippen molar-refractivity contribution < 1.29 is 22.7 Å². The third kappa shape index (κ3) is 4.70. The van der Waals surface area contributed by atoms with Crippen LogP contribution < -0.4 is 10.9 Å². The largest absolute Gasteiger partial charge is 0.373 e. The van der Waals surface area contributed by atoms with Crippen molar-refractivity contribution in [1.29, 1.82) is 0 Å². The highest BCUT2D eigenvalue weighted by atomic mass is 19.3. The molecule has 1 unspecified atom stereocenters. The van der Waals surface area contributed by atoms with Crippen molar-refractivity contribution in [2.45, 2.75) is 44.2 Å². The number of piperidine rings is 1. The normalized spacial score (nSPS) is 17.1. The minimum atomic E-state index is -3.01. The number of pyridine rings is 1. The van der Waals surface area contributed by atoms with Gasteiger partial charge in [-0.25, -0.2) is 23.1 Å². The van der Waals surface area contributed by atoms with Gasteiger partial charge in [0.25, 0.3) is 12.0 Å². The zero-order chi connectivity index (χ0) is 27.1. The summed E-state index contributed by atoms with van der Waals surface area (Å²) in [7, 11) is 9.47. The van der Waals surface area contributed by atoms with Gasteiger partial charge in [-0.3, -0.25) is 14.2 Å². The van der Waals surface area contributed by atoms with Crippen LogP contribution >= 0.6 is 0 Å². The first-order valence-electron chi connectivity index (χ1n) is 11.7. The SMILES string of the molecule is [B]C(C)(Nc1ncnc2c1cc(C1(OC)CCN(C(C)=O)CC1)c(=O)n2C)c1cccc(C(F)F)c1F. The van der Waals surface area contributed by atoms with Gasteiger partial charge in [0.1, 0.15) is 37.1 Å². The molecule has 2 radical (unpaired) electrons. The average Bonchev–Trinajstić information content (AvgIpc) is 2.86. The summed E-state index contributed by atoms with van der Waals surface area (Å²) in [6, 6.07) is 5.25. The van der Waals surface area contributed by atoms with Crippen LogP contribution in [-0.4, -0.2) is 53.4 Å². The van der Waals surface area contributed by atoms with Gasteiger partial charge in [0.15, 0.2) is 0 Å². The number of likely N-dealkylation sites (tertiary alicyclic amines) is 1. The number of methoxy groups -OCH3 is 1. The quantitative estimate of drug-likeness (QED) is 0.509. The maximum atomic E-state index is 14.9. The predicted molar refractivity (Wildman–Crippen MR) is 133 cm³/mol. The molecular weight excluding hydrogens is 486 g/mol. The molecule has 4 rings (SSSR count). The number of rotatable bonds is 6. The summed E-state index contributed by atoms with van der Waals surface area (Å²) >= 11 is 0. The molecule has 0 saturated carbocycles. The second kappa shape index (κ2) is 9.81. The number of alkyl halides is 2. The number of aromatic nitrogens is 3. The van der Waals surface area contributed by atoms with Crippen LogP contribution in [0.25, 0.3) is 11.0 Å². The van der Waals surface area contributed by atoms with Crippen LogP contribution in [0, 0.1) is 5.82 Å². The van der Waals surface area contributed by atoms with E-state index in [1.54, 1.807) is 18.0 Å². The van der Waals surface area contributed by atoms with E-state index in [2.05, 4.69) is 15.3 Å². The van der Waals surface area contributed by atoms with Crippen molar-refractivity contribution in [3.05, 3.63) is 63.5 Å². The number of anilines is 1. The zero-order valence-electron chi connectivity index (χ0n) is 21.0. The summed E-state index contributed by atoms with van der Waals surface area (Å²) in [4.78, 5) is 35.4. The Kier molecular flexibility index (Phi) is 7.07. The summed E-state index contributed by atoms with van der Waals surface area (Å²) in [5.41, 5.74) is -3.20. The molecule has 0 aliphatic carbocycles. The molecule has 194 valence electrons. The average molecular weight is 513 g/mol. The Bertz CT molecular complexity index is 1400. The lowest BCUT2D eigenvalue weighted by Crippen LogP contribution is -2.48. The van der Waals surface area contributed by atoms with E-state index in [9.17, 15) is 22.8 Å². The van der Waals surface area contributed by atoms with Gasteiger partial charge in [0.05, 0.1) is 16.5 Å². The Morgan fingerprint density at radius 3 is 2.54 bits per heavy atom. The number of benzene rings is 1. The minimum Gasteiger partial charge on any atom is -0.373 e. The number of halogens is 3. The van der Waals surface area contributed by atoms with Gasteiger partial charge in [0, 0.05) is 45.2 Å². The van der Waals surface area contributed by atoms with Gasteiger partial charge in [0.2, 0.25) is 5.91 Å². The smallest absolute Gasteiger partial charge is 0.266 e. The Morgan fingerprint density at radius 1 is 1.27 bits per heavy atom. The standard InChI is InChI=1S/C25H27BF3N5O3/c1-14(35)34-10-8-25(37-4,9-11-34)18-12-16-21(30-13-31-22(16)33(3)23(18)36)32-24(2,26)17-7-5-6-15(19(17)27)20(28)29/h5-7,12-13,20H,8-11H2,1-4H3,(H,30,31,32). The van der Waals surface area contributed by atoms with E-state index < -0.39 is 28.8 Å². The van der Waals surface area contributed by atoms with Crippen molar-refractivity contribution >= 4 is 30.6 Å².